The van der Waals surface area contributed by atoms with Gasteiger partial charge in [0.15, 0.2) is 0 Å². The second kappa shape index (κ2) is 5.65. The predicted molar refractivity (Wildman–Crippen MR) is 82.5 cm³/mol. The first-order valence-electron chi connectivity index (χ1n) is 7.47. The summed E-state index contributed by atoms with van der Waals surface area (Å²) in [6.45, 7) is 0. The Morgan fingerprint density at radius 1 is 1.21 bits per heavy atom. The zero-order valence-corrected chi connectivity index (χ0v) is 12.6. The highest BCUT2D eigenvalue weighted by Gasteiger charge is 2.74. The van der Waals surface area contributed by atoms with E-state index >= 15 is 0 Å². The average Bonchev–Trinajstić information content (AvgIpc) is 3.23. The zero-order valence-electron chi connectivity index (χ0n) is 12.6. The maximum Gasteiger partial charge on any atom is 0.324 e. The maximum atomic E-state index is 12.0. The number of carbonyl (C=O) groups is 3. The van der Waals surface area contributed by atoms with Gasteiger partial charge in [-0.25, -0.2) is 0 Å². The fraction of sp³-hybridized carbons (Fsp3) is 0.353. The second-order valence-electron chi connectivity index (χ2n) is 6.21. The molecular formula is C17H16N2O5. The van der Waals surface area contributed by atoms with Gasteiger partial charge >= 0.3 is 11.9 Å². The lowest BCUT2D eigenvalue weighted by Gasteiger charge is -2.24. The van der Waals surface area contributed by atoms with Gasteiger partial charge in [0.25, 0.3) is 5.91 Å². The van der Waals surface area contributed by atoms with Gasteiger partial charge in [-0.3, -0.25) is 14.4 Å². The van der Waals surface area contributed by atoms with Crippen molar-refractivity contribution in [1.29, 1.82) is 0 Å². The van der Waals surface area contributed by atoms with Gasteiger partial charge in [0, 0.05) is 23.4 Å². The second-order valence-corrected chi connectivity index (χ2v) is 6.21. The monoisotopic (exact) mass is 328 g/mol. The highest BCUT2D eigenvalue weighted by Crippen LogP contribution is 2.61. The van der Waals surface area contributed by atoms with E-state index < -0.39 is 47.2 Å². The van der Waals surface area contributed by atoms with E-state index in [4.69, 9.17) is 5.73 Å². The Hall–Kier alpha value is -2.85. The van der Waals surface area contributed by atoms with Gasteiger partial charge < -0.3 is 21.3 Å². The van der Waals surface area contributed by atoms with E-state index in [1.54, 1.807) is 24.3 Å². The molecule has 7 nitrogen and oxygen atoms in total. The van der Waals surface area contributed by atoms with Gasteiger partial charge in [-0.2, -0.15) is 0 Å². The third-order valence-electron chi connectivity index (χ3n) is 4.79. The molecule has 0 aliphatic heterocycles. The number of hydrogen-bond donors (Lipinski definition) is 4. The fourth-order valence-electron chi connectivity index (χ4n) is 3.69. The van der Waals surface area contributed by atoms with E-state index in [1.165, 1.54) is 0 Å². The lowest BCUT2D eigenvalue weighted by atomic mass is 9.90. The van der Waals surface area contributed by atoms with E-state index in [2.05, 4.69) is 17.2 Å². The van der Waals surface area contributed by atoms with Crippen molar-refractivity contribution in [3.63, 3.8) is 0 Å². The van der Waals surface area contributed by atoms with Crippen LogP contribution in [0.15, 0.2) is 30.3 Å². The summed E-state index contributed by atoms with van der Waals surface area (Å²) in [4.78, 5) is 34.6. The minimum Gasteiger partial charge on any atom is -0.481 e. The summed E-state index contributed by atoms with van der Waals surface area (Å²) in [7, 11) is 0. The van der Waals surface area contributed by atoms with E-state index in [9.17, 15) is 24.6 Å². The van der Waals surface area contributed by atoms with Crippen LogP contribution in [0.1, 0.15) is 12.0 Å². The molecule has 0 bridgehead atoms. The van der Waals surface area contributed by atoms with Gasteiger partial charge in [0.2, 0.25) is 0 Å². The molecule has 0 spiro atoms. The van der Waals surface area contributed by atoms with Crippen LogP contribution in [0.3, 0.4) is 0 Å². The SMILES string of the molecule is NC1(C(=O)O)CC(NC(=O)C#Cc2ccccc2)C2C1[C@H]2C(=O)O. The Balaban J connectivity index is 1.72. The summed E-state index contributed by atoms with van der Waals surface area (Å²) in [6.07, 6.45) is 0.000202. The molecule has 5 N–H and O–H groups in total. The van der Waals surface area contributed by atoms with Crippen molar-refractivity contribution in [3.8, 4) is 11.8 Å². The number of amides is 1. The number of benzene rings is 1. The summed E-state index contributed by atoms with van der Waals surface area (Å²) in [5, 5.41) is 21.1. The Bertz CT molecular complexity index is 766. The number of nitrogens with one attached hydrogen (secondary N) is 1. The molecule has 0 radical (unpaired) electrons. The van der Waals surface area contributed by atoms with Crippen molar-refractivity contribution < 1.29 is 24.6 Å². The first-order chi connectivity index (χ1) is 11.3. The van der Waals surface area contributed by atoms with Crippen molar-refractivity contribution in [2.75, 3.05) is 0 Å². The lowest BCUT2D eigenvalue weighted by molar-refractivity contribution is -0.145. The number of fused-ring (bicyclic) bond motifs is 1. The molecule has 3 rings (SSSR count). The molecule has 1 amide bonds. The van der Waals surface area contributed by atoms with Gasteiger partial charge in [-0.05, 0) is 24.5 Å². The molecule has 1 aromatic rings. The van der Waals surface area contributed by atoms with E-state index in [-0.39, 0.29) is 6.42 Å². The number of aliphatic carboxylic acids is 2. The summed E-state index contributed by atoms with van der Waals surface area (Å²) >= 11 is 0. The van der Waals surface area contributed by atoms with E-state index in [1.807, 2.05) is 6.07 Å². The van der Waals surface area contributed by atoms with E-state index in [0.717, 1.165) is 0 Å². The third kappa shape index (κ3) is 2.61. The molecule has 2 fully saturated rings. The molecule has 2 aliphatic rings. The quantitative estimate of drug-likeness (QED) is 0.562. The minimum atomic E-state index is -1.63. The Labute approximate surface area is 137 Å². The normalized spacial score (nSPS) is 32.9. The van der Waals surface area contributed by atoms with E-state index in [0.29, 0.717) is 5.56 Å². The maximum absolute atomic E-state index is 12.0. The number of carbonyl (C=O) groups excluding carboxylic acids is 1. The predicted octanol–water partition coefficient (Wildman–Crippen LogP) is -0.344. The average molecular weight is 328 g/mol. The molecule has 24 heavy (non-hydrogen) atoms. The van der Waals surface area contributed by atoms with Crippen LogP contribution in [-0.2, 0) is 14.4 Å². The van der Waals surface area contributed by atoms with Crippen LogP contribution < -0.4 is 11.1 Å². The third-order valence-corrected chi connectivity index (χ3v) is 4.79. The molecule has 1 aromatic carbocycles. The number of carboxylic acid groups (broad SMARTS) is 2. The number of carboxylic acids is 2. The summed E-state index contributed by atoms with van der Waals surface area (Å²) in [6, 6.07) is 8.32. The summed E-state index contributed by atoms with van der Waals surface area (Å²) in [5.74, 6) is 0.249. The van der Waals surface area contributed by atoms with Gasteiger partial charge in [-0.15, -0.1) is 0 Å². The van der Waals surface area contributed by atoms with Gasteiger partial charge in [0.05, 0.1) is 5.92 Å². The molecule has 4 unspecified atom stereocenters. The van der Waals surface area contributed by atoms with Crippen LogP contribution >= 0.6 is 0 Å². The highest BCUT2D eigenvalue weighted by atomic mass is 16.4. The molecule has 0 saturated heterocycles. The molecule has 0 aromatic heterocycles. The van der Waals surface area contributed by atoms with Gasteiger partial charge in [0.1, 0.15) is 5.54 Å². The Morgan fingerprint density at radius 3 is 2.46 bits per heavy atom. The van der Waals surface area contributed by atoms with Crippen molar-refractivity contribution in [2.45, 2.75) is 18.0 Å². The number of hydrogen-bond acceptors (Lipinski definition) is 4. The molecule has 124 valence electrons. The highest BCUT2D eigenvalue weighted by molar-refractivity contribution is 5.95. The van der Waals surface area contributed by atoms with Crippen LogP contribution in [0.2, 0.25) is 0 Å². The van der Waals surface area contributed by atoms with Crippen molar-refractivity contribution in [2.24, 2.45) is 23.5 Å². The largest absolute Gasteiger partial charge is 0.481 e. The molecular weight excluding hydrogens is 312 g/mol. The smallest absolute Gasteiger partial charge is 0.324 e. The van der Waals surface area contributed by atoms with Crippen molar-refractivity contribution >= 4 is 17.8 Å². The molecule has 7 heteroatoms. The first-order valence-corrected chi connectivity index (χ1v) is 7.47. The van der Waals surface area contributed by atoms with Gasteiger partial charge in [-0.1, -0.05) is 24.1 Å². The van der Waals surface area contributed by atoms with Crippen LogP contribution in [-0.4, -0.2) is 39.6 Å². The standard InChI is InChI=1S/C17H16N2O5/c18-17(16(23)24)8-10(12-13(14(12)17)15(21)22)19-11(20)7-6-9-4-2-1-3-5-9/h1-5,10,12-14H,8,18H2,(H,19,20)(H,21,22)(H,23,24)/t10?,12?,13-,14?,17?/m0/s1. The van der Waals surface area contributed by atoms with Crippen molar-refractivity contribution in [3.05, 3.63) is 35.9 Å². The number of nitrogens with two attached hydrogens (primary N) is 1. The van der Waals surface area contributed by atoms with Crippen LogP contribution in [0.4, 0.5) is 0 Å². The lowest BCUT2D eigenvalue weighted by Crippen LogP contribution is -2.52. The minimum absolute atomic E-state index is 0.000202. The van der Waals surface area contributed by atoms with Crippen LogP contribution in [0.25, 0.3) is 0 Å². The molecule has 0 heterocycles. The molecule has 2 aliphatic carbocycles. The van der Waals surface area contributed by atoms with Crippen LogP contribution in [0, 0.1) is 29.6 Å². The van der Waals surface area contributed by atoms with Crippen molar-refractivity contribution in [1.82, 2.24) is 5.32 Å². The Morgan fingerprint density at radius 2 is 1.88 bits per heavy atom. The molecule has 2 saturated carbocycles. The topological polar surface area (TPSA) is 130 Å². The summed E-state index contributed by atoms with van der Waals surface area (Å²) < 4.78 is 0. The fourth-order valence-corrected chi connectivity index (χ4v) is 3.69. The summed E-state index contributed by atoms with van der Waals surface area (Å²) in [5.41, 5.74) is 4.94. The Kier molecular flexibility index (Phi) is 3.78. The number of rotatable bonds is 3. The zero-order chi connectivity index (χ0) is 17.5. The first kappa shape index (κ1) is 16.0. The molecule has 5 atom stereocenters. The van der Waals surface area contributed by atoms with Crippen LogP contribution in [0.5, 0.6) is 0 Å².